The molecule has 9 nitrogen and oxygen atoms in total. The van der Waals surface area contributed by atoms with Crippen molar-refractivity contribution in [2.45, 2.75) is 24.0 Å². The number of ether oxygens (including phenoxy) is 1. The first-order valence-electron chi connectivity index (χ1n) is 11.7. The Morgan fingerprint density at radius 1 is 1.11 bits per heavy atom. The Balaban J connectivity index is 1.59. The van der Waals surface area contributed by atoms with Gasteiger partial charge in [-0.25, -0.2) is 22.7 Å². The van der Waals surface area contributed by atoms with Crippen molar-refractivity contribution >= 4 is 39.1 Å². The highest BCUT2D eigenvalue weighted by Gasteiger charge is 2.40. The van der Waals surface area contributed by atoms with Gasteiger partial charge in [-0.05, 0) is 42.8 Å². The number of rotatable bonds is 7. The van der Waals surface area contributed by atoms with Gasteiger partial charge in [0.25, 0.3) is 15.9 Å². The van der Waals surface area contributed by atoms with Gasteiger partial charge >= 0.3 is 0 Å². The van der Waals surface area contributed by atoms with E-state index < -0.39 is 10.0 Å². The lowest BCUT2D eigenvalue weighted by atomic mass is 9.86. The van der Waals surface area contributed by atoms with Crippen molar-refractivity contribution in [1.29, 1.82) is 5.26 Å². The zero-order chi connectivity index (χ0) is 27.6. The molecule has 1 amide bonds. The van der Waals surface area contributed by atoms with Gasteiger partial charge in [0.15, 0.2) is 5.03 Å². The molecular formula is C26H25Cl2N5O4S. The van der Waals surface area contributed by atoms with E-state index in [9.17, 15) is 13.2 Å². The Labute approximate surface area is 231 Å². The summed E-state index contributed by atoms with van der Waals surface area (Å²) in [6.07, 6.45) is 2.37. The van der Waals surface area contributed by atoms with Crippen LogP contribution in [0.15, 0.2) is 59.9 Å². The Kier molecular flexibility index (Phi) is 8.23. The van der Waals surface area contributed by atoms with Crippen LogP contribution in [0.1, 0.15) is 34.3 Å². The number of amides is 1. The van der Waals surface area contributed by atoms with E-state index in [1.54, 1.807) is 29.2 Å². The predicted octanol–water partition coefficient (Wildman–Crippen LogP) is 4.23. The molecule has 2 aromatic heterocycles. The second-order valence-corrected chi connectivity index (χ2v) is 12.1. The fourth-order valence-electron chi connectivity index (χ4n) is 4.39. The number of halogens is 2. The summed E-state index contributed by atoms with van der Waals surface area (Å²) in [5.41, 5.74) is 1.61. The second-order valence-electron chi connectivity index (χ2n) is 9.15. The van der Waals surface area contributed by atoms with Crippen molar-refractivity contribution in [2.75, 3.05) is 27.2 Å². The summed E-state index contributed by atoms with van der Waals surface area (Å²) in [6.45, 7) is 2.66. The SMILES string of the molecule is CC(Oc1ccc(C#N)cn1)C1CN(C(=O)c2ccc(S(=O)(=O)N(C)C)nc2)CC1c1ccc(Cl)c(Cl)c1. The Morgan fingerprint density at radius 3 is 2.45 bits per heavy atom. The van der Waals surface area contributed by atoms with Crippen LogP contribution in [0.5, 0.6) is 5.88 Å². The van der Waals surface area contributed by atoms with Gasteiger partial charge in [0.1, 0.15) is 12.2 Å². The van der Waals surface area contributed by atoms with E-state index >= 15 is 0 Å². The number of nitriles is 1. The monoisotopic (exact) mass is 573 g/mol. The third-order valence-corrected chi connectivity index (χ3v) is 9.00. The normalized spacial score (nSPS) is 18.3. The minimum Gasteiger partial charge on any atom is -0.474 e. The number of pyridine rings is 2. The van der Waals surface area contributed by atoms with Crippen LogP contribution < -0.4 is 4.74 Å². The fraction of sp³-hybridized carbons (Fsp3) is 0.308. The molecule has 3 heterocycles. The molecule has 0 radical (unpaired) electrons. The lowest BCUT2D eigenvalue weighted by Gasteiger charge is -2.25. The first-order valence-corrected chi connectivity index (χ1v) is 13.9. The zero-order valence-electron chi connectivity index (χ0n) is 20.9. The van der Waals surface area contributed by atoms with Crippen LogP contribution in [0.25, 0.3) is 0 Å². The molecule has 12 heteroatoms. The largest absolute Gasteiger partial charge is 0.474 e. The number of sulfonamides is 1. The van der Waals surface area contributed by atoms with Crippen molar-refractivity contribution in [2.24, 2.45) is 5.92 Å². The maximum atomic E-state index is 13.4. The van der Waals surface area contributed by atoms with Gasteiger partial charge in [0.2, 0.25) is 5.88 Å². The van der Waals surface area contributed by atoms with Crippen LogP contribution in [-0.2, 0) is 10.0 Å². The highest BCUT2D eigenvalue weighted by Crippen LogP contribution is 2.38. The molecule has 1 saturated heterocycles. The van der Waals surface area contributed by atoms with Crippen LogP contribution in [0.2, 0.25) is 10.0 Å². The Hall–Kier alpha value is -3.23. The highest BCUT2D eigenvalue weighted by molar-refractivity contribution is 7.89. The van der Waals surface area contributed by atoms with Crippen LogP contribution in [-0.4, -0.2) is 66.8 Å². The molecule has 0 bridgehead atoms. The van der Waals surface area contributed by atoms with Gasteiger partial charge in [-0.3, -0.25) is 4.79 Å². The summed E-state index contributed by atoms with van der Waals surface area (Å²) in [7, 11) is -0.877. The molecule has 3 unspecified atom stereocenters. The molecule has 0 aliphatic carbocycles. The third kappa shape index (κ3) is 5.76. The lowest BCUT2D eigenvalue weighted by Crippen LogP contribution is -2.32. The second kappa shape index (κ2) is 11.3. The van der Waals surface area contributed by atoms with Crippen LogP contribution >= 0.6 is 23.2 Å². The van der Waals surface area contributed by atoms with Gasteiger partial charge in [0, 0.05) is 57.5 Å². The molecule has 1 aromatic carbocycles. The molecule has 3 atom stereocenters. The molecule has 3 aromatic rings. The molecule has 4 rings (SSSR count). The topological polar surface area (TPSA) is 116 Å². The summed E-state index contributed by atoms with van der Waals surface area (Å²) in [4.78, 5) is 23.4. The summed E-state index contributed by atoms with van der Waals surface area (Å²) >= 11 is 12.4. The lowest BCUT2D eigenvalue weighted by molar-refractivity contribution is 0.0769. The summed E-state index contributed by atoms with van der Waals surface area (Å²) < 4.78 is 31.8. The molecule has 0 N–H and O–H groups in total. The maximum absolute atomic E-state index is 13.4. The summed E-state index contributed by atoms with van der Waals surface area (Å²) in [5, 5.41) is 9.73. The van der Waals surface area contributed by atoms with Crippen LogP contribution in [0, 0.1) is 17.2 Å². The van der Waals surface area contributed by atoms with Crippen molar-refractivity contribution < 1.29 is 17.9 Å². The van der Waals surface area contributed by atoms with E-state index in [1.807, 2.05) is 19.1 Å². The molecule has 38 heavy (non-hydrogen) atoms. The van der Waals surface area contributed by atoms with Crippen LogP contribution in [0.4, 0.5) is 0 Å². The first kappa shape index (κ1) is 27.8. The molecule has 198 valence electrons. The minimum atomic E-state index is -3.71. The molecule has 0 saturated carbocycles. The zero-order valence-corrected chi connectivity index (χ0v) is 23.2. The average molecular weight is 574 g/mol. The van der Waals surface area contributed by atoms with Gasteiger partial charge < -0.3 is 9.64 Å². The van der Waals surface area contributed by atoms with Crippen molar-refractivity contribution in [3.05, 3.63) is 81.6 Å². The highest BCUT2D eigenvalue weighted by atomic mass is 35.5. The number of nitrogens with zero attached hydrogens (tertiary/aromatic N) is 5. The minimum absolute atomic E-state index is 0.122. The number of likely N-dealkylation sites (tertiary alicyclic amines) is 1. The molecule has 1 aliphatic rings. The Bertz CT molecular complexity index is 1470. The van der Waals surface area contributed by atoms with E-state index in [4.69, 9.17) is 33.2 Å². The summed E-state index contributed by atoms with van der Waals surface area (Å²) in [6, 6.07) is 13.5. The summed E-state index contributed by atoms with van der Waals surface area (Å²) in [5.74, 6) is -0.156. The van der Waals surface area contributed by atoms with E-state index in [1.165, 1.54) is 38.6 Å². The van der Waals surface area contributed by atoms with E-state index in [0.29, 0.717) is 34.6 Å². The quantitative estimate of drug-likeness (QED) is 0.415. The maximum Gasteiger partial charge on any atom is 0.260 e. The number of carbonyl (C=O) groups excluding carboxylic acids is 1. The number of hydrogen-bond acceptors (Lipinski definition) is 7. The number of aromatic nitrogens is 2. The Morgan fingerprint density at radius 2 is 1.87 bits per heavy atom. The molecular weight excluding hydrogens is 549 g/mol. The third-order valence-electron chi connectivity index (χ3n) is 6.53. The van der Waals surface area contributed by atoms with Gasteiger partial charge in [-0.2, -0.15) is 5.26 Å². The van der Waals surface area contributed by atoms with Gasteiger partial charge in [-0.1, -0.05) is 29.3 Å². The van der Waals surface area contributed by atoms with Crippen molar-refractivity contribution in [3.63, 3.8) is 0 Å². The average Bonchev–Trinajstić information content (AvgIpc) is 3.36. The van der Waals surface area contributed by atoms with Gasteiger partial charge in [0.05, 0.1) is 21.2 Å². The molecule has 1 fully saturated rings. The van der Waals surface area contributed by atoms with Crippen molar-refractivity contribution in [3.8, 4) is 11.9 Å². The van der Waals surface area contributed by atoms with E-state index in [2.05, 4.69) is 9.97 Å². The fourth-order valence-corrected chi connectivity index (χ4v) is 5.50. The number of hydrogen-bond donors (Lipinski definition) is 0. The smallest absolute Gasteiger partial charge is 0.260 e. The standard InChI is InChI=1S/C26H25Cl2N5O4S/c1-16(37-24-8-4-17(11-29)12-30-24)20-14-33(15-21(20)18-5-7-22(27)23(28)10-18)26(34)19-6-9-25(31-13-19)38(35,36)32(2)3/h4-10,12-13,16,20-21H,14-15H2,1-3H3. The predicted molar refractivity (Wildman–Crippen MR) is 143 cm³/mol. The van der Waals surface area contributed by atoms with Crippen molar-refractivity contribution in [1.82, 2.24) is 19.2 Å². The number of benzene rings is 1. The van der Waals surface area contributed by atoms with Crippen LogP contribution in [0.3, 0.4) is 0 Å². The molecule has 0 spiro atoms. The van der Waals surface area contributed by atoms with E-state index in [-0.39, 0.29) is 34.4 Å². The first-order chi connectivity index (χ1) is 18.0. The number of carbonyl (C=O) groups is 1. The van der Waals surface area contributed by atoms with E-state index in [0.717, 1.165) is 9.87 Å². The molecule has 1 aliphatic heterocycles. The van der Waals surface area contributed by atoms with Gasteiger partial charge in [-0.15, -0.1) is 0 Å².